The summed E-state index contributed by atoms with van der Waals surface area (Å²) in [5.41, 5.74) is -0.635. The van der Waals surface area contributed by atoms with E-state index in [0.29, 0.717) is 11.7 Å². The molecule has 1 fully saturated rings. The highest BCUT2D eigenvalue weighted by atomic mass is 32.2. The summed E-state index contributed by atoms with van der Waals surface area (Å²) in [5, 5.41) is 5.32. The van der Waals surface area contributed by atoms with E-state index in [0.717, 1.165) is 41.7 Å². The largest absolute Gasteiger partial charge is 0.328 e. The first-order chi connectivity index (χ1) is 14.4. The number of benzene rings is 1. The molecule has 30 heavy (non-hydrogen) atoms. The Kier molecular flexibility index (Phi) is 7.65. The quantitative estimate of drug-likeness (QED) is 0.525. The molecule has 1 saturated carbocycles. The molecule has 1 heterocycles. The first kappa shape index (κ1) is 22.5. The maximum absolute atomic E-state index is 15.1. The topological polar surface area (TPSA) is 74.3 Å². The summed E-state index contributed by atoms with van der Waals surface area (Å²) >= 11 is 2.96. The van der Waals surface area contributed by atoms with Crippen molar-refractivity contribution in [2.24, 2.45) is 5.92 Å². The zero-order valence-electron chi connectivity index (χ0n) is 16.8. The van der Waals surface area contributed by atoms with Gasteiger partial charge in [-0.2, -0.15) is 0 Å². The zero-order valence-corrected chi connectivity index (χ0v) is 18.5. The molecule has 2 N–H and O–H groups in total. The van der Waals surface area contributed by atoms with Gasteiger partial charge < -0.3 is 5.32 Å². The van der Waals surface area contributed by atoms with E-state index >= 15 is 4.39 Å². The fraction of sp³-hybridized carbons (Fsp3) is 0.450. The van der Waals surface area contributed by atoms with Gasteiger partial charge in [-0.05, 0) is 36.6 Å². The molecule has 0 bridgehead atoms. The molecule has 1 aliphatic rings. The Bertz CT molecular complexity index is 916. The van der Waals surface area contributed by atoms with E-state index in [1.807, 2.05) is 6.92 Å². The molecule has 0 spiro atoms. The molecule has 0 aliphatic heterocycles. The standard InChI is InChI=1S/C20H24F2N4O2S2/c1-3-29-16-10-23-19(30-16)25-20(28)26(11-13-6-4-5-7-13)15-9-8-14(21)18(17(15)22)24-12(2)27/h8-10,13H,3-7,11H2,1-2H3,(H,24,27)(H,23,25,28). The summed E-state index contributed by atoms with van der Waals surface area (Å²) in [6, 6.07) is 1.74. The predicted molar refractivity (Wildman–Crippen MR) is 117 cm³/mol. The number of hydrogen-bond donors (Lipinski definition) is 2. The van der Waals surface area contributed by atoms with Gasteiger partial charge in [-0.3, -0.25) is 15.0 Å². The molecule has 6 nitrogen and oxygen atoms in total. The number of thioether (sulfide) groups is 1. The zero-order chi connectivity index (χ0) is 21.7. The number of aromatic nitrogens is 1. The average Bonchev–Trinajstić information content (AvgIpc) is 3.36. The van der Waals surface area contributed by atoms with Gasteiger partial charge in [-0.1, -0.05) is 31.1 Å². The lowest BCUT2D eigenvalue weighted by atomic mass is 10.1. The Balaban J connectivity index is 1.89. The number of rotatable bonds is 7. The normalized spacial score (nSPS) is 14.0. The van der Waals surface area contributed by atoms with Crippen molar-refractivity contribution in [3.63, 3.8) is 0 Å². The number of thiazole rings is 1. The molecule has 1 aromatic heterocycles. The maximum Gasteiger partial charge on any atom is 0.328 e. The molecular weight excluding hydrogens is 430 g/mol. The van der Waals surface area contributed by atoms with E-state index in [-0.39, 0.29) is 11.6 Å². The summed E-state index contributed by atoms with van der Waals surface area (Å²) in [4.78, 5) is 29.9. The van der Waals surface area contributed by atoms with Gasteiger partial charge in [0.1, 0.15) is 11.5 Å². The van der Waals surface area contributed by atoms with Crippen LogP contribution in [0.1, 0.15) is 39.5 Å². The molecule has 0 saturated heterocycles. The van der Waals surface area contributed by atoms with Gasteiger partial charge in [0.05, 0.1) is 16.1 Å². The summed E-state index contributed by atoms with van der Waals surface area (Å²) in [6.45, 7) is 3.49. The van der Waals surface area contributed by atoms with Gasteiger partial charge in [0.15, 0.2) is 10.9 Å². The monoisotopic (exact) mass is 454 g/mol. The van der Waals surface area contributed by atoms with Crippen LogP contribution in [-0.4, -0.2) is 29.2 Å². The van der Waals surface area contributed by atoms with Crippen LogP contribution in [0.15, 0.2) is 22.5 Å². The van der Waals surface area contributed by atoms with Crippen LogP contribution in [-0.2, 0) is 4.79 Å². The van der Waals surface area contributed by atoms with Crippen LogP contribution in [0.3, 0.4) is 0 Å². The van der Waals surface area contributed by atoms with Crippen molar-refractivity contribution in [3.8, 4) is 0 Å². The third-order valence-electron chi connectivity index (χ3n) is 4.81. The van der Waals surface area contributed by atoms with Crippen LogP contribution < -0.4 is 15.5 Å². The number of nitrogens with one attached hydrogen (secondary N) is 2. The third kappa shape index (κ3) is 5.48. The van der Waals surface area contributed by atoms with Crippen molar-refractivity contribution in [2.75, 3.05) is 27.8 Å². The van der Waals surface area contributed by atoms with E-state index in [1.54, 1.807) is 18.0 Å². The first-order valence-electron chi connectivity index (χ1n) is 9.81. The number of halogens is 2. The van der Waals surface area contributed by atoms with Crippen LogP contribution in [0.25, 0.3) is 0 Å². The lowest BCUT2D eigenvalue weighted by Crippen LogP contribution is -2.39. The van der Waals surface area contributed by atoms with Crippen molar-refractivity contribution in [3.05, 3.63) is 30.0 Å². The summed E-state index contributed by atoms with van der Waals surface area (Å²) in [7, 11) is 0. The number of nitrogens with zero attached hydrogens (tertiary/aromatic N) is 2. The molecule has 0 radical (unpaired) electrons. The van der Waals surface area contributed by atoms with Crippen LogP contribution in [0.4, 0.5) is 30.1 Å². The van der Waals surface area contributed by atoms with Crippen molar-refractivity contribution < 1.29 is 18.4 Å². The number of amides is 3. The van der Waals surface area contributed by atoms with Gasteiger partial charge in [0, 0.05) is 13.5 Å². The lowest BCUT2D eigenvalue weighted by molar-refractivity contribution is -0.114. The van der Waals surface area contributed by atoms with Crippen molar-refractivity contribution in [1.29, 1.82) is 0 Å². The van der Waals surface area contributed by atoms with Gasteiger partial charge in [-0.15, -0.1) is 11.8 Å². The number of hydrogen-bond acceptors (Lipinski definition) is 5. The van der Waals surface area contributed by atoms with E-state index in [1.165, 1.54) is 29.2 Å². The molecule has 0 unspecified atom stereocenters. The molecule has 10 heteroatoms. The molecule has 3 rings (SSSR count). The van der Waals surface area contributed by atoms with Crippen molar-refractivity contribution in [2.45, 2.75) is 43.7 Å². The van der Waals surface area contributed by atoms with Crippen molar-refractivity contribution >= 4 is 51.5 Å². The van der Waals surface area contributed by atoms with E-state index in [2.05, 4.69) is 15.6 Å². The second-order valence-corrected chi connectivity index (χ2v) is 9.64. The maximum atomic E-state index is 15.1. The highest BCUT2D eigenvalue weighted by Crippen LogP contribution is 2.33. The summed E-state index contributed by atoms with van der Waals surface area (Å²) in [6.07, 6.45) is 5.70. The summed E-state index contributed by atoms with van der Waals surface area (Å²) in [5.74, 6) is -1.35. The minimum atomic E-state index is -0.972. The smallest absolute Gasteiger partial charge is 0.321 e. The van der Waals surface area contributed by atoms with Crippen molar-refractivity contribution in [1.82, 2.24) is 4.98 Å². The summed E-state index contributed by atoms with van der Waals surface area (Å²) < 4.78 is 30.2. The average molecular weight is 455 g/mol. The van der Waals surface area contributed by atoms with Crippen LogP contribution in [0.2, 0.25) is 0 Å². The molecule has 3 amide bonds. The van der Waals surface area contributed by atoms with Gasteiger partial charge >= 0.3 is 6.03 Å². The highest BCUT2D eigenvalue weighted by Gasteiger charge is 2.28. The molecule has 162 valence electrons. The van der Waals surface area contributed by atoms with E-state index in [9.17, 15) is 14.0 Å². The Hall–Kier alpha value is -2.20. The minimum absolute atomic E-state index is 0.0794. The molecule has 0 atom stereocenters. The Morgan fingerprint density at radius 2 is 2.00 bits per heavy atom. The molecule has 1 aliphatic carbocycles. The van der Waals surface area contributed by atoms with Gasteiger partial charge in [0.2, 0.25) is 5.91 Å². The van der Waals surface area contributed by atoms with Gasteiger partial charge in [-0.25, -0.2) is 18.6 Å². The molecular formula is C20H24F2N4O2S2. The van der Waals surface area contributed by atoms with E-state index in [4.69, 9.17) is 0 Å². The second-order valence-electron chi connectivity index (χ2n) is 7.05. The lowest BCUT2D eigenvalue weighted by Gasteiger charge is -2.26. The second kappa shape index (κ2) is 10.2. The van der Waals surface area contributed by atoms with Crippen LogP contribution in [0, 0.1) is 17.6 Å². The Morgan fingerprint density at radius 1 is 1.27 bits per heavy atom. The fourth-order valence-electron chi connectivity index (χ4n) is 3.47. The predicted octanol–water partition coefficient (Wildman–Crippen LogP) is 5.72. The minimum Gasteiger partial charge on any atom is -0.321 e. The van der Waals surface area contributed by atoms with Crippen LogP contribution in [0.5, 0.6) is 0 Å². The first-order valence-corrected chi connectivity index (χ1v) is 11.6. The Labute approximate surface area is 182 Å². The van der Waals surface area contributed by atoms with Crippen LogP contribution >= 0.6 is 23.1 Å². The number of urea groups is 1. The molecule has 1 aromatic carbocycles. The fourth-order valence-corrected chi connectivity index (χ4v) is 5.24. The van der Waals surface area contributed by atoms with E-state index < -0.39 is 29.3 Å². The SMILES string of the molecule is CCSc1cnc(NC(=O)N(CC2CCCC2)c2ccc(F)c(NC(C)=O)c2F)s1. The number of anilines is 3. The Morgan fingerprint density at radius 3 is 2.67 bits per heavy atom. The third-order valence-corrected chi connectivity index (χ3v) is 6.80. The number of carbonyl (C=O) groups excluding carboxylic acids is 2. The van der Waals surface area contributed by atoms with Gasteiger partial charge in [0.25, 0.3) is 0 Å². The number of carbonyl (C=O) groups is 2. The molecule has 2 aromatic rings. The highest BCUT2D eigenvalue weighted by molar-refractivity contribution is 8.01.